The molecule has 27 heavy (non-hydrogen) atoms. The number of amides is 1. The van der Waals surface area contributed by atoms with Gasteiger partial charge in [0.05, 0.1) is 11.7 Å². The summed E-state index contributed by atoms with van der Waals surface area (Å²) in [6.45, 7) is 6.38. The molecule has 1 atom stereocenters. The van der Waals surface area contributed by atoms with Crippen molar-refractivity contribution in [3.05, 3.63) is 57.8 Å². The summed E-state index contributed by atoms with van der Waals surface area (Å²) >= 11 is 3.47. The van der Waals surface area contributed by atoms with Gasteiger partial charge in [-0.3, -0.25) is 14.1 Å². The number of hydrogen-bond acceptors (Lipinski definition) is 4. The molecule has 0 spiro atoms. The van der Waals surface area contributed by atoms with Gasteiger partial charge >= 0.3 is 0 Å². The molecule has 0 aromatic carbocycles. The minimum atomic E-state index is -0.120. The summed E-state index contributed by atoms with van der Waals surface area (Å²) in [5, 5.41) is 3.11. The Kier molecular flexibility index (Phi) is 5.06. The number of furan rings is 1. The second-order valence-electron chi connectivity index (χ2n) is 7.04. The van der Waals surface area contributed by atoms with Crippen molar-refractivity contribution >= 4 is 27.5 Å². The number of carbonyl (C=O) groups excluding carboxylic acids is 1. The van der Waals surface area contributed by atoms with Gasteiger partial charge in [-0.05, 0) is 80.0 Å². The van der Waals surface area contributed by atoms with E-state index in [1.165, 1.54) is 12.8 Å². The number of halogens is 1. The third kappa shape index (κ3) is 3.66. The summed E-state index contributed by atoms with van der Waals surface area (Å²) in [6, 6.07) is 7.86. The second kappa shape index (κ2) is 7.48. The summed E-state index contributed by atoms with van der Waals surface area (Å²) in [4.78, 5) is 19.9. The number of nitrogens with one attached hydrogen (secondary N) is 1. The van der Waals surface area contributed by atoms with E-state index < -0.39 is 0 Å². The normalized spacial score (nSPS) is 16.1. The van der Waals surface area contributed by atoms with Crippen molar-refractivity contribution in [3.63, 3.8) is 0 Å². The van der Waals surface area contributed by atoms with Gasteiger partial charge in [0.15, 0.2) is 0 Å². The number of pyridine rings is 1. The summed E-state index contributed by atoms with van der Waals surface area (Å²) in [5.41, 5.74) is 2.05. The molecule has 6 nitrogen and oxygen atoms in total. The maximum absolute atomic E-state index is 13.0. The Morgan fingerprint density at radius 2 is 2.04 bits per heavy atom. The molecular formula is C20H23BrN4O2. The minimum Gasteiger partial charge on any atom is -0.465 e. The van der Waals surface area contributed by atoms with Crippen LogP contribution in [0.2, 0.25) is 0 Å². The first-order valence-electron chi connectivity index (χ1n) is 9.26. The molecular weight excluding hydrogens is 408 g/mol. The third-order valence-electron chi connectivity index (χ3n) is 5.10. The van der Waals surface area contributed by atoms with E-state index in [4.69, 9.17) is 4.42 Å². The van der Waals surface area contributed by atoms with Crippen molar-refractivity contribution in [1.82, 2.24) is 19.6 Å². The Balaban J connectivity index is 1.56. The smallest absolute Gasteiger partial charge is 0.270 e. The monoisotopic (exact) mass is 430 g/mol. The molecule has 1 unspecified atom stereocenters. The lowest BCUT2D eigenvalue weighted by Gasteiger charge is -2.26. The molecule has 0 saturated carbocycles. The Bertz CT molecular complexity index is 972. The largest absolute Gasteiger partial charge is 0.465 e. The number of fused-ring (bicyclic) bond motifs is 1. The number of carbonyl (C=O) groups is 1. The third-order valence-corrected chi connectivity index (χ3v) is 5.57. The molecule has 0 bridgehead atoms. The Hall–Kier alpha value is -2.12. The summed E-state index contributed by atoms with van der Waals surface area (Å²) in [7, 11) is 0. The first-order chi connectivity index (χ1) is 13.0. The van der Waals surface area contributed by atoms with E-state index in [1.54, 1.807) is 0 Å². The number of rotatable bonds is 5. The predicted octanol–water partition coefficient (Wildman–Crippen LogP) is 3.87. The van der Waals surface area contributed by atoms with Crippen LogP contribution >= 0.6 is 15.9 Å². The van der Waals surface area contributed by atoms with Crippen LogP contribution in [0.5, 0.6) is 0 Å². The summed E-state index contributed by atoms with van der Waals surface area (Å²) in [6.07, 6.45) is 4.24. The molecule has 0 aliphatic carbocycles. The Morgan fingerprint density at radius 3 is 2.74 bits per heavy atom. The molecule has 1 saturated heterocycles. The number of nitrogens with zero attached hydrogens (tertiary/aromatic N) is 3. The number of aromatic nitrogens is 2. The highest BCUT2D eigenvalue weighted by atomic mass is 79.9. The van der Waals surface area contributed by atoms with Crippen LogP contribution in [0.25, 0.3) is 5.65 Å². The van der Waals surface area contributed by atoms with E-state index in [1.807, 2.05) is 48.7 Å². The van der Waals surface area contributed by atoms with Gasteiger partial charge in [-0.2, -0.15) is 0 Å². The lowest BCUT2D eigenvalue weighted by Crippen LogP contribution is -2.37. The molecule has 1 fully saturated rings. The molecule has 4 rings (SSSR count). The summed E-state index contributed by atoms with van der Waals surface area (Å²) in [5.74, 6) is 1.68. The van der Waals surface area contributed by atoms with Gasteiger partial charge in [0.2, 0.25) is 0 Å². The maximum atomic E-state index is 13.0. The zero-order valence-corrected chi connectivity index (χ0v) is 17.1. The predicted molar refractivity (Wildman–Crippen MR) is 107 cm³/mol. The van der Waals surface area contributed by atoms with Crippen LogP contribution in [0.1, 0.15) is 46.6 Å². The molecule has 3 aromatic rings. The second-order valence-corrected chi connectivity index (χ2v) is 7.95. The highest BCUT2D eigenvalue weighted by Crippen LogP contribution is 2.26. The number of imidazole rings is 1. The van der Waals surface area contributed by atoms with Crippen molar-refractivity contribution in [2.75, 3.05) is 19.6 Å². The topological polar surface area (TPSA) is 62.8 Å². The average Bonchev–Trinajstić information content (AvgIpc) is 3.35. The molecule has 1 amide bonds. The fourth-order valence-electron chi connectivity index (χ4n) is 3.78. The van der Waals surface area contributed by atoms with E-state index in [2.05, 4.69) is 31.1 Å². The van der Waals surface area contributed by atoms with Crippen molar-refractivity contribution in [2.45, 2.75) is 32.7 Å². The van der Waals surface area contributed by atoms with Crippen LogP contribution < -0.4 is 5.32 Å². The number of aryl methyl sites for hydroxylation is 2. The van der Waals surface area contributed by atoms with Crippen LogP contribution in [0.3, 0.4) is 0 Å². The average molecular weight is 431 g/mol. The number of hydrogen-bond donors (Lipinski definition) is 1. The van der Waals surface area contributed by atoms with Gasteiger partial charge in [-0.1, -0.05) is 0 Å². The zero-order valence-electron chi connectivity index (χ0n) is 15.5. The van der Waals surface area contributed by atoms with Crippen LogP contribution in [0.4, 0.5) is 0 Å². The first-order valence-corrected chi connectivity index (χ1v) is 10.0. The van der Waals surface area contributed by atoms with Crippen LogP contribution in [-0.2, 0) is 0 Å². The molecule has 1 aliphatic heterocycles. The molecule has 7 heteroatoms. The van der Waals surface area contributed by atoms with E-state index >= 15 is 0 Å². The Labute approximate surface area is 166 Å². The van der Waals surface area contributed by atoms with Gasteiger partial charge < -0.3 is 9.73 Å². The van der Waals surface area contributed by atoms with Gasteiger partial charge in [-0.25, -0.2) is 4.98 Å². The van der Waals surface area contributed by atoms with Crippen LogP contribution in [0.15, 0.2) is 39.4 Å². The molecule has 1 aliphatic rings. The van der Waals surface area contributed by atoms with Crippen molar-refractivity contribution in [3.8, 4) is 0 Å². The molecule has 142 valence electrons. The highest BCUT2D eigenvalue weighted by molar-refractivity contribution is 9.10. The number of likely N-dealkylation sites (tertiary alicyclic amines) is 1. The fourth-order valence-corrected chi connectivity index (χ4v) is 4.12. The SMILES string of the molecule is Cc1ccc(C(CNC(=O)c2c(C)nc3ccc(Br)cn23)N2CCCC2)o1. The van der Waals surface area contributed by atoms with Crippen molar-refractivity contribution in [2.24, 2.45) is 0 Å². The van der Waals surface area contributed by atoms with Crippen LogP contribution in [0, 0.1) is 13.8 Å². The Morgan fingerprint density at radius 1 is 1.26 bits per heavy atom. The van der Waals surface area contributed by atoms with Crippen LogP contribution in [-0.4, -0.2) is 39.8 Å². The van der Waals surface area contributed by atoms with E-state index in [0.29, 0.717) is 12.2 Å². The fraction of sp³-hybridized carbons (Fsp3) is 0.400. The van der Waals surface area contributed by atoms with Gasteiger partial charge in [0, 0.05) is 17.2 Å². The standard InChI is InChI=1S/C20H23BrN4O2/c1-13-5-7-17(27-13)16(24-9-3-4-10-24)11-22-20(26)19-14(2)23-18-8-6-15(21)12-25(18)19/h5-8,12,16H,3-4,9-11H2,1-2H3,(H,22,26). The summed E-state index contributed by atoms with van der Waals surface area (Å²) < 4.78 is 8.61. The van der Waals surface area contributed by atoms with Crippen molar-refractivity contribution in [1.29, 1.82) is 0 Å². The lowest BCUT2D eigenvalue weighted by atomic mass is 10.2. The first kappa shape index (κ1) is 18.3. The molecule has 4 heterocycles. The van der Waals surface area contributed by atoms with Gasteiger partial charge in [0.1, 0.15) is 22.9 Å². The van der Waals surface area contributed by atoms with E-state index in [9.17, 15) is 4.79 Å². The quantitative estimate of drug-likeness (QED) is 0.666. The minimum absolute atomic E-state index is 0.0522. The lowest BCUT2D eigenvalue weighted by molar-refractivity contribution is 0.0927. The maximum Gasteiger partial charge on any atom is 0.270 e. The van der Waals surface area contributed by atoms with Crippen molar-refractivity contribution < 1.29 is 9.21 Å². The molecule has 1 N–H and O–H groups in total. The van der Waals surface area contributed by atoms with Gasteiger partial charge in [-0.15, -0.1) is 0 Å². The molecule has 0 radical (unpaired) electrons. The zero-order chi connectivity index (χ0) is 19.0. The van der Waals surface area contributed by atoms with E-state index in [0.717, 1.165) is 40.4 Å². The van der Waals surface area contributed by atoms with Gasteiger partial charge in [0.25, 0.3) is 5.91 Å². The van der Waals surface area contributed by atoms with E-state index in [-0.39, 0.29) is 11.9 Å². The molecule has 3 aromatic heterocycles. The highest BCUT2D eigenvalue weighted by Gasteiger charge is 2.27.